The summed E-state index contributed by atoms with van der Waals surface area (Å²) < 4.78 is 20.7. The maximum atomic E-state index is 12.4. The molecule has 0 aliphatic carbocycles. The molecule has 6 nitrogen and oxygen atoms in total. The number of allylic oxidation sites excluding steroid dienone is 1. The molecule has 2 aromatic rings. The van der Waals surface area contributed by atoms with Gasteiger partial charge in [-0.05, 0) is 30.4 Å². The van der Waals surface area contributed by atoms with Crippen LogP contribution in [0, 0.1) is 0 Å². The first kappa shape index (κ1) is 18.2. The molecule has 0 aliphatic heterocycles. The van der Waals surface area contributed by atoms with Gasteiger partial charge in [0.05, 0.1) is 34.0 Å². The van der Waals surface area contributed by atoms with Crippen molar-refractivity contribution in [1.29, 1.82) is 0 Å². The van der Waals surface area contributed by atoms with Gasteiger partial charge in [0.25, 0.3) is 0 Å². The second-order valence-electron chi connectivity index (χ2n) is 5.03. The van der Waals surface area contributed by atoms with Gasteiger partial charge in [-0.15, -0.1) is 0 Å². The zero-order valence-electron chi connectivity index (χ0n) is 14.5. The Kier molecular flexibility index (Phi) is 5.89. The fourth-order valence-electron chi connectivity index (χ4n) is 2.29. The summed E-state index contributed by atoms with van der Waals surface area (Å²) in [7, 11) is 5.99. The van der Waals surface area contributed by atoms with E-state index in [4.69, 9.17) is 18.9 Å². The Morgan fingerprint density at radius 3 is 2.16 bits per heavy atom. The first-order valence-corrected chi connectivity index (χ1v) is 7.43. The Bertz CT molecular complexity index is 795. The van der Waals surface area contributed by atoms with Gasteiger partial charge in [-0.3, -0.25) is 4.79 Å². The van der Waals surface area contributed by atoms with Crippen LogP contribution in [-0.4, -0.2) is 39.3 Å². The van der Waals surface area contributed by atoms with Crippen molar-refractivity contribution in [3.8, 4) is 28.7 Å². The number of rotatable bonds is 7. The van der Waals surface area contributed by atoms with E-state index in [0.29, 0.717) is 34.1 Å². The Morgan fingerprint density at radius 1 is 0.880 bits per heavy atom. The van der Waals surface area contributed by atoms with E-state index in [9.17, 15) is 9.90 Å². The molecule has 0 saturated carbocycles. The summed E-state index contributed by atoms with van der Waals surface area (Å²) in [5, 5.41) is 10.1. The van der Waals surface area contributed by atoms with Crippen LogP contribution in [0.1, 0.15) is 15.9 Å². The minimum atomic E-state index is -0.252. The summed E-state index contributed by atoms with van der Waals surface area (Å²) in [6.07, 6.45) is 2.85. The molecule has 0 heterocycles. The highest BCUT2D eigenvalue weighted by Gasteiger charge is 2.12. The SMILES string of the molecule is COc1cc(O)c(/C=C/C(=O)c2ccc(OC)c(OC)c2)c(OC)c1. The van der Waals surface area contributed by atoms with E-state index in [2.05, 4.69) is 0 Å². The number of aromatic hydroxyl groups is 1. The van der Waals surface area contributed by atoms with Crippen LogP contribution in [0.5, 0.6) is 28.7 Å². The summed E-state index contributed by atoms with van der Waals surface area (Å²) in [6.45, 7) is 0. The zero-order chi connectivity index (χ0) is 18.4. The monoisotopic (exact) mass is 344 g/mol. The van der Waals surface area contributed by atoms with Crippen molar-refractivity contribution in [2.75, 3.05) is 28.4 Å². The van der Waals surface area contributed by atoms with Crippen LogP contribution in [0.25, 0.3) is 6.08 Å². The molecule has 2 rings (SSSR count). The number of carbonyl (C=O) groups is 1. The fourth-order valence-corrected chi connectivity index (χ4v) is 2.29. The van der Waals surface area contributed by atoms with Crippen LogP contribution < -0.4 is 18.9 Å². The van der Waals surface area contributed by atoms with Crippen LogP contribution >= 0.6 is 0 Å². The number of hydrogen-bond donors (Lipinski definition) is 1. The second kappa shape index (κ2) is 8.10. The van der Waals surface area contributed by atoms with E-state index in [1.165, 1.54) is 46.7 Å². The van der Waals surface area contributed by atoms with Gasteiger partial charge < -0.3 is 24.1 Å². The summed E-state index contributed by atoms with van der Waals surface area (Å²) in [5.74, 6) is 1.56. The molecule has 0 bridgehead atoms. The van der Waals surface area contributed by atoms with Gasteiger partial charge >= 0.3 is 0 Å². The molecule has 0 radical (unpaired) electrons. The molecule has 25 heavy (non-hydrogen) atoms. The van der Waals surface area contributed by atoms with Gasteiger partial charge in [-0.2, -0.15) is 0 Å². The average molecular weight is 344 g/mol. The normalized spacial score (nSPS) is 10.6. The maximum Gasteiger partial charge on any atom is 0.185 e. The van der Waals surface area contributed by atoms with Crippen molar-refractivity contribution >= 4 is 11.9 Å². The second-order valence-corrected chi connectivity index (χ2v) is 5.03. The minimum absolute atomic E-state index is 0.0486. The Hall–Kier alpha value is -3.15. The smallest absolute Gasteiger partial charge is 0.185 e. The largest absolute Gasteiger partial charge is 0.507 e. The predicted molar refractivity (Wildman–Crippen MR) is 94.1 cm³/mol. The lowest BCUT2D eigenvalue weighted by atomic mass is 10.1. The van der Waals surface area contributed by atoms with E-state index in [1.807, 2.05) is 0 Å². The van der Waals surface area contributed by atoms with E-state index < -0.39 is 0 Å². The highest BCUT2D eigenvalue weighted by Crippen LogP contribution is 2.34. The Balaban J connectivity index is 2.32. The van der Waals surface area contributed by atoms with Gasteiger partial charge in [0, 0.05) is 17.7 Å². The molecule has 0 amide bonds. The Labute approximate surface area is 146 Å². The highest BCUT2D eigenvalue weighted by molar-refractivity contribution is 6.07. The van der Waals surface area contributed by atoms with Crippen LogP contribution in [0.15, 0.2) is 36.4 Å². The summed E-state index contributed by atoms with van der Waals surface area (Å²) >= 11 is 0. The number of hydrogen-bond acceptors (Lipinski definition) is 6. The molecule has 0 aliphatic rings. The molecule has 0 fully saturated rings. The quantitative estimate of drug-likeness (QED) is 0.613. The number of methoxy groups -OCH3 is 4. The summed E-state index contributed by atoms with van der Waals surface area (Å²) in [6, 6.07) is 7.96. The molecule has 1 N–H and O–H groups in total. The van der Waals surface area contributed by atoms with Crippen molar-refractivity contribution in [1.82, 2.24) is 0 Å². The molecule has 0 aromatic heterocycles. The number of phenolic OH excluding ortho intramolecular Hbond substituents is 1. The first-order valence-electron chi connectivity index (χ1n) is 7.43. The van der Waals surface area contributed by atoms with E-state index in [1.54, 1.807) is 24.3 Å². The van der Waals surface area contributed by atoms with Crippen molar-refractivity contribution in [2.24, 2.45) is 0 Å². The van der Waals surface area contributed by atoms with Gasteiger partial charge in [0.15, 0.2) is 17.3 Å². The molecular formula is C19H20O6. The maximum absolute atomic E-state index is 12.4. The average Bonchev–Trinajstić information content (AvgIpc) is 2.65. The van der Waals surface area contributed by atoms with Gasteiger partial charge in [0.1, 0.15) is 17.2 Å². The molecule has 6 heteroatoms. The highest BCUT2D eigenvalue weighted by atomic mass is 16.5. The van der Waals surface area contributed by atoms with Gasteiger partial charge in [-0.25, -0.2) is 0 Å². The molecule has 0 unspecified atom stereocenters. The lowest BCUT2D eigenvalue weighted by Crippen LogP contribution is -1.98. The summed E-state index contributed by atoms with van der Waals surface area (Å²) in [4.78, 5) is 12.4. The van der Waals surface area contributed by atoms with Crippen molar-refractivity contribution in [3.05, 3.63) is 47.5 Å². The van der Waals surface area contributed by atoms with Crippen molar-refractivity contribution in [3.63, 3.8) is 0 Å². The van der Waals surface area contributed by atoms with E-state index in [-0.39, 0.29) is 11.5 Å². The van der Waals surface area contributed by atoms with E-state index >= 15 is 0 Å². The van der Waals surface area contributed by atoms with Crippen LogP contribution in [0.3, 0.4) is 0 Å². The van der Waals surface area contributed by atoms with Crippen LogP contribution in [0.2, 0.25) is 0 Å². The molecule has 132 valence electrons. The number of benzene rings is 2. The first-order chi connectivity index (χ1) is 12.0. The number of phenols is 1. The molecule has 0 saturated heterocycles. The third kappa shape index (κ3) is 4.03. The topological polar surface area (TPSA) is 74.2 Å². The number of ketones is 1. The van der Waals surface area contributed by atoms with Crippen LogP contribution in [-0.2, 0) is 0 Å². The number of carbonyl (C=O) groups excluding carboxylic acids is 1. The number of ether oxygens (including phenoxy) is 4. The lowest BCUT2D eigenvalue weighted by Gasteiger charge is -2.10. The predicted octanol–water partition coefficient (Wildman–Crippen LogP) is 3.32. The zero-order valence-corrected chi connectivity index (χ0v) is 14.5. The van der Waals surface area contributed by atoms with E-state index in [0.717, 1.165) is 0 Å². The molecule has 0 spiro atoms. The minimum Gasteiger partial charge on any atom is -0.507 e. The lowest BCUT2D eigenvalue weighted by molar-refractivity contribution is 0.104. The Morgan fingerprint density at radius 2 is 1.56 bits per heavy atom. The van der Waals surface area contributed by atoms with Crippen LogP contribution in [0.4, 0.5) is 0 Å². The third-order valence-corrected chi connectivity index (χ3v) is 3.62. The van der Waals surface area contributed by atoms with Crippen molar-refractivity contribution < 1.29 is 28.8 Å². The molecular weight excluding hydrogens is 324 g/mol. The summed E-state index contributed by atoms with van der Waals surface area (Å²) in [5.41, 5.74) is 0.818. The van der Waals surface area contributed by atoms with Crippen molar-refractivity contribution in [2.45, 2.75) is 0 Å². The van der Waals surface area contributed by atoms with Gasteiger partial charge in [0.2, 0.25) is 0 Å². The van der Waals surface area contributed by atoms with Gasteiger partial charge in [-0.1, -0.05) is 0 Å². The molecule has 2 aromatic carbocycles. The third-order valence-electron chi connectivity index (χ3n) is 3.62. The fraction of sp³-hybridized carbons (Fsp3) is 0.211. The molecule has 0 atom stereocenters. The standard InChI is InChI=1S/C19H20O6/c1-22-13-10-16(21)14(18(11-13)24-3)6-7-15(20)12-5-8-17(23-2)19(9-12)25-4/h5-11,21H,1-4H3/b7-6+.